The van der Waals surface area contributed by atoms with E-state index in [0.29, 0.717) is 6.42 Å². The molecule has 0 saturated carbocycles. The Labute approximate surface area is 139 Å². The van der Waals surface area contributed by atoms with E-state index in [-0.39, 0.29) is 0 Å². The Kier molecular flexibility index (Phi) is 15.0. The number of aliphatic carboxylic acids is 1. The molecular formula is C20H40O2. The molecule has 0 heterocycles. The molecule has 0 amide bonds. The lowest BCUT2D eigenvalue weighted by Gasteiger charge is -2.19. The van der Waals surface area contributed by atoms with E-state index in [2.05, 4.69) is 20.8 Å². The number of carbonyl (C=O) groups is 1. The van der Waals surface area contributed by atoms with E-state index in [4.69, 9.17) is 5.11 Å². The van der Waals surface area contributed by atoms with Crippen molar-refractivity contribution in [2.45, 2.75) is 111 Å². The average molecular weight is 313 g/mol. The summed E-state index contributed by atoms with van der Waals surface area (Å²) >= 11 is 0. The molecule has 0 saturated heterocycles. The second kappa shape index (κ2) is 15.4. The highest BCUT2D eigenvalue weighted by molar-refractivity contribution is 5.66. The smallest absolute Gasteiger partial charge is 0.303 e. The molecule has 0 radical (unpaired) electrons. The number of unbranched alkanes of at least 4 members (excludes halogenated alkanes) is 9. The maximum Gasteiger partial charge on any atom is 0.303 e. The lowest BCUT2D eigenvalue weighted by atomic mass is 9.86. The molecule has 1 N–H and O–H groups in total. The van der Waals surface area contributed by atoms with Crippen LogP contribution < -0.4 is 0 Å². The molecule has 2 unspecified atom stereocenters. The normalized spacial score (nSPS) is 14.0. The van der Waals surface area contributed by atoms with Crippen LogP contribution in [0.2, 0.25) is 0 Å². The number of rotatable bonds is 16. The van der Waals surface area contributed by atoms with Gasteiger partial charge in [-0.3, -0.25) is 4.79 Å². The van der Waals surface area contributed by atoms with Crippen LogP contribution in [0.1, 0.15) is 111 Å². The predicted octanol–water partition coefficient (Wildman–Crippen LogP) is 6.82. The molecule has 0 fully saturated rings. The van der Waals surface area contributed by atoms with Gasteiger partial charge in [-0.15, -0.1) is 0 Å². The molecule has 0 rings (SSSR count). The van der Waals surface area contributed by atoms with E-state index in [1.807, 2.05) is 0 Å². The van der Waals surface area contributed by atoms with Crippen LogP contribution in [0.5, 0.6) is 0 Å². The highest BCUT2D eigenvalue weighted by Crippen LogP contribution is 2.24. The molecule has 0 aromatic rings. The summed E-state index contributed by atoms with van der Waals surface area (Å²) in [5, 5.41) is 8.58. The van der Waals surface area contributed by atoms with Gasteiger partial charge in [0.1, 0.15) is 0 Å². The molecule has 132 valence electrons. The molecule has 0 aliphatic rings. The van der Waals surface area contributed by atoms with Crippen molar-refractivity contribution in [2.75, 3.05) is 0 Å². The van der Waals surface area contributed by atoms with Crippen LogP contribution in [0.25, 0.3) is 0 Å². The third-order valence-corrected chi connectivity index (χ3v) is 5.03. The number of hydrogen-bond donors (Lipinski definition) is 1. The zero-order valence-corrected chi connectivity index (χ0v) is 15.4. The first-order chi connectivity index (χ1) is 10.6. The summed E-state index contributed by atoms with van der Waals surface area (Å²) in [4.78, 5) is 10.4. The first kappa shape index (κ1) is 21.5. The Morgan fingerprint density at radius 2 is 1.14 bits per heavy atom. The summed E-state index contributed by atoms with van der Waals surface area (Å²) in [5.41, 5.74) is 0. The SMILES string of the molecule is CCCCCCCCC(C)C(C)CCCCCCCC(=O)O. The zero-order valence-electron chi connectivity index (χ0n) is 15.4. The predicted molar refractivity (Wildman–Crippen MR) is 96.3 cm³/mol. The highest BCUT2D eigenvalue weighted by atomic mass is 16.4. The van der Waals surface area contributed by atoms with Gasteiger partial charge >= 0.3 is 5.97 Å². The fourth-order valence-corrected chi connectivity index (χ4v) is 3.09. The molecule has 0 spiro atoms. The maximum atomic E-state index is 10.4. The maximum absolute atomic E-state index is 10.4. The Morgan fingerprint density at radius 3 is 1.59 bits per heavy atom. The van der Waals surface area contributed by atoms with Crippen molar-refractivity contribution in [1.82, 2.24) is 0 Å². The van der Waals surface area contributed by atoms with Gasteiger partial charge in [-0.1, -0.05) is 97.8 Å². The summed E-state index contributed by atoms with van der Waals surface area (Å²) in [6, 6.07) is 0. The minimum Gasteiger partial charge on any atom is -0.481 e. The third kappa shape index (κ3) is 14.4. The summed E-state index contributed by atoms with van der Waals surface area (Å²) < 4.78 is 0. The van der Waals surface area contributed by atoms with Crippen LogP contribution in [0.4, 0.5) is 0 Å². The van der Waals surface area contributed by atoms with Crippen LogP contribution in [-0.2, 0) is 4.79 Å². The summed E-state index contributed by atoms with van der Waals surface area (Å²) in [7, 11) is 0. The van der Waals surface area contributed by atoms with Crippen molar-refractivity contribution in [1.29, 1.82) is 0 Å². The van der Waals surface area contributed by atoms with Crippen molar-refractivity contribution in [3.63, 3.8) is 0 Å². The number of carboxylic acids is 1. The molecule has 0 aliphatic heterocycles. The van der Waals surface area contributed by atoms with Gasteiger partial charge in [-0.05, 0) is 18.3 Å². The molecule has 0 aromatic carbocycles. The zero-order chi connectivity index (χ0) is 16.6. The van der Waals surface area contributed by atoms with E-state index in [0.717, 1.165) is 24.7 Å². The quantitative estimate of drug-likeness (QED) is 0.317. The van der Waals surface area contributed by atoms with Gasteiger partial charge in [0.2, 0.25) is 0 Å². The van der Waals surface area contributed by atoms with Crippen molar-refractivity contribution in [2.24, 2.45) is 11.8 Å². The Balaban J connectivity index is 3.38. The molecule has 22 heavy (non-hydrogen) atoms. The molecule has 2 nitrogen and oxygen atoms in total. The van der Waals surface area contributed by atoms with E-state index in [1.54, 1.807) is 0 Å². The van der Waals surface area contributed by atoms with Crippen molar-refractivity contribution >= 4 is 5.97 Å². The van der Waals surface area contributed by atoms with Gasteiger partial charge in [0, 0.05) is 6.42 Å². The first-order valence-electron chi connectivity index (χ1n) is 9.79. The van der Waals surface area contributed by atoms with Gasteiger partial charge in [-0.2, -0.15) is 0 Å². The summed E-state index contributed by atoms with van der Waals surface area (Å²) in [6.45, 7) is 7.10. The first-order valence-corrected chi connectivity index (χ1v) is 9.79. The minimum absolute atomic E-state index is 0.339. The second-order valence-electron chi connectivity index (χ2n) is 7.21. The Hall–Kier alpha value is -0.530. The number of carboxylic acid groups (broad SMARTS) is 1. The Bertz CT molecular complexity index is 250. The standard InChI is InChI=1S/C20H40O2/c1-4-5-6-7-9-12-15-18(2)19(3)16-13-10-8-11-14-17-20(21)22/h18-19H,4-17H2,1-3H3,(H,21,22). The van der Waals surface area contributed by atoms with Gasteiger partial charge in [-0.25, -0.2) is 0 Å². The van der Waals surface area contributed by atoms with Crippen molar-refractivity contribution in [3.05, 3.63) is 0 Å². The highest BCUT2D eigenvalue weighted by Gasteiger charge is 2.11. The van der Waals surface area contributed by atoms with Crippen LogP contribution in [0, 0.1) is 11.8 Å². The second-order valence-corrected chi connectivity index (χ2v) is 7.21. The summed E-state index contributed by atoms with van der Waals surface area (Å²) in [6.07, 6.45) is 17.2. The monoisotopic (exact) mass is 312 g/mol. The minimum atomic E-state index is -0.655. The molecule has 0 bridgehead atoms. The van der Waals surface area contributed by atoms with Gasteiger partial charge < -0.3 is 5.11 Å². The number of hydrogen-bond acceptors (Lipinski definition) is 1. The van der Waals surface area contributed by atoms with Gasteiger partial charge in [0.25, 0.3) is 0 Å². The van der Waals surface area contributed by atoms with Crippen molar-refractivity contribution in [3.8, 4) is 0 Å². The van der Waals surface area contributed by atoms with Crippen LogP contribution >= 0.6 is 0 Å². The average Bonchev–Trinajstić information content (AvgIpc) is 2.49. The van der Waals surface area contributed by atoms with E-state index in [9.17, 15) is 4.79 Å². The Morgan fingerprint density at radius 1 is 0.727 bits per heavy atom. The fraction of sp³-hybridized carbons (Fsp3) is 0.950. The van der Waals surface area contributed by atoms with Crippen LogP contribution in [-0.4, -0.2) is 11.1 Å². The van der Waals surface area contributed by atoms with E-state index in [1.165, 1.54) is 70.6 Å². The van der Waals surface area contributed by atoms with Crippen LogP contribution in [0.15, 0.2) is 0 Å². The molecule has 2 heteroatoms. The topological polar surface area (TPSA) is 37.3 Å². The van der Waals surface area contributed by atoms with Gasteiger partial charge in [0.15, 0.2) is 0 Å². The molecule has 0 aromatic heterocycles. The van der Waals surface area contributed by atoms with E-state index < -0.39 is 5.97 Å². The lowest BCUT2D eigenvalue weighted by molar-refractivity contribution is -0.137. The van der Waals surface area contributed by atoms with Gasteiger partial charge in [0.05, 0.1) is 0 Å². The largest absolute Gasteiger partial charge is 0.481 e. The summed E-state index contributed by atoms with van der Waals surface area (Å²) in [5.74, 6) is 1.05. The van der Waals surface area contributed by atoms with E-state index >= 15 is 0 Å². The fourth-order valence-electron chi connectivity index (χ4n) is 3.09. The van der Waals surface area contributed by atoms with Crippen LogP contribution in [0.3, 0.4) is 0 Å². The molecule has 0 aliphatic carbocycles. The lowest BCUT2D eigenvalue weighted by Crippen LogP contribution is -2.08. The van der Waals surface area contributed by atoms with Crippen molar-refractivity contribution < 1.29 is 9.90 Å². The molecular weight excluding hydrogens is 272 g/mol. The third-order valence-electron chi connectivity index (χ3n) is 5.03. The molecule has 2 atom stereocenters.